The molecule has 0 radical (unpaired) electrons. The van der Waals surface area contributed by atoms with E-state index in [4.69, 9.17) is 9.84 Å². The van der Waals surface area contributed by atoms with Crippen LogP contribution in [-0.2, 0) is 6.54 Å². The number of hydrogen-bond donors (Lipinski definition) is 1. The Kier molecular flexibility index (Phi) is 4.18. The van der Waals surface area contributed by atoms with Gasteiger partial charge in [-0.05, 0) is 31.5 Å². The number of aryl methyl sites for hydroxylation is 2. The number of hydrogen-bond acceptors (Lipinski definition) is 3. The van der Waals surface area contributed by atoms with Gasteiger partial charge in [0.1, 0.15) is 11.6 Å². The average molecular weight is 260 g/mol. The molecule has 0 aliphatic heterocycles. The van der Waals surface area contributed by atoms with Gasteiger partial charge in [0.25, 0.3) is 0 Å². The lowest BCUT2D eigenvalue weighted by Crippen LogP contribution is -2.05. The molecule has 0 bridgehead atoms. The Morgan fingerprint density at radius 1 is 1.47 bits per heavy atom. The maximum Gasteiger partial charge on any atom is 0.335 e. The Hall–Kier alpha value is -2.30. The molecule has 19 heavy (non-hydrogen) atoms. The maximum atomic E-state index is 10.8. The maximum absolute atomic E-state index is 10.8. The molecule has 0 aliphatic rings. The fourth-order valence-electron chi connectivity index (χ4n) is 1.78. The summed E-state index contributed by atoms with van der Waals surface area (Å²) >= 11 is 0. The van der Waals surface area contributed by atoms with E-state index in [9.17, 15) is 4.79 Å². The number of imidazole rings is 1. The molecule has 2 aromatic rings. The van der Waals surface area contributed by atoms with E-state index in [0.717, 1.165) is 18.8 Å². The van der Waals surface area contributed by atoms with Gasteiger partial charge in [0.15, 0.2) is 0 Å². The van der Waals surface area contributed by atoms with Gasteiger partial charge in [-0.25, -0.2) is 9.78 Å². The second-order valence-electron chi connectivity index (χ2n) is 4.20. The zero-order valence-corrected chi connectivity index (χ0v) is 10.7. The van der Waals surface area contributed by atoms with Gasteiger partial charge in [0.2, 0.25) is 0 Å². The molecular formula is C14H16N2O3. The highest BCUT2D eigenvalue weighted by atomic mass is 16.5. The first-order valence-corrected chi connectivity index (χ1v) is 6.11. The molecule has 0 amide bonds. The number of carboxylic acid groups (broad SMARTS) is 1. The van der Waals surface area contributed by atoms with Gasteiger partial charge in [-0.3, -0.25) is 0 Å². The van der Waals surface area contributed by atoms with Gasteiger partial charge < -0.3 is 14.4 Å². The molecule has 0 unspecified atom stereocenters. The van der Waals surface area contributed by atoms with Crippen molar-refractivity contribution in [3.8, 4) is 5.75 Å². The third-order valence-corrected chi connectivity index (χ3v) is 2.82. The van der Waals surface area contributed by atoms with Crippen molar-refractivity contribution < 1.29 is 14.6 Å². The summed E-state index contributed by atoms with van der Waals surface area (Å²) in [4.78, 5) is 15.0. The molecule has 1 aromatic heterocycles. The SMILES string of the molecule is Cc1nccn1CCCOc1cccc(C(=O)O)c1. The lowest BCUT2D eigenvalue weighted by Gasteiger charge is -2.08. The molecule has 1 N–H and O–H groups in total. The van der Waals surface area contributed by atoms with E-state index in [-0.39, 0.29) is 5.56 Å². The number of benzene rings is 1. The van der Waals surface area contributed by atoms with Crippen molar-refractivity contribution in [1.82, 2.24) is 9.55 Å². The van der Waals surface area contributed by atoms with Crippen molar-refractivity contribution in [3.63, 3.8) is 0 Å². The summed E-state index contributed by atoms with van der Waals surface area (Å²) < 4.78 is 7.59. The summed E-state index contributed by atoms with van der Waals surface area (Å²) in [6.07, 6.45) is 4.54. The molecule has 0 saturated carbocycles. The molecule has 0 atom stereocenters. The van der Waals surface area contributed by atoms with Crippen LogP contribution < -0.4 is 4.74 Å². The highest BCUT2D eigenvalue weighted by Crippen LogP contribution is 2.13. The highest BCUT2D eigenvalue weighted by Gasteiger charge is 2.03. The minimum Gasteiger partial charge on any atom is -0.494 e. The van der Waals surface area contributed by atoms with E-state index >= 15 is 0 Å². The zero-order valence-electron chi connectivity index (χ0n) is 10.7. The van der Waals surface area contributed by atoms with Crippen molar-refractivity contribution in [2.45, 2.75) is 19.9 Å². The minimum absolute atomic E-state index is 0.239. The lowest BCUT2D eigenvalue weighted by atomic mass is 10.2. The summed E-state index contributed by atoms with van der Waals surface area (Å²) in [6.45, 7) is 3.34. The van der Waals surface area contributed by atoms with Crippen LogP contribution in [0.2, 0.25) is 0 Å². The summed E-state index contributed by atoms with van der Waals surface area (Å²) in [6, 6.07) is 6.52. The second-order valence-corrected chi connectivity index (χ2v) is 4.20. The van der Waals surface area contributed by atoms with E-state index < -0.39 is 5.97 Å². The second kappa shape index (κ2) is 6.04. The van der Waals surface area contributed by atoms with Crippen LogP contribution in [0.4, 0.5) is 0 Å². The monoisotopic (exact) mass is 260 g/mol. The molecule has 1 aromatic carbocycles. The van der Waals surface area contributed by atoms with E-state index in [1.165, 1.54) is 6.07 Å². The lowest BCUT2D eigenvalue weighted by molar-refractivity contribution is 0.0696. The molecule has 0 fully saturated rings. The summed E-state index contributed by atoms with van der Waals surface area (Å²) in [5.74, 6) is 0.620. The molecular weight excluding hydrogens is 244 g/mol. The standard InChI is InChI=1S/C14H16N2O3/c1-11-15-6-8-16(11)7-3-9-19-13-5-2-4-12(10-13)14(17)18/h2,4-6,8,10H,3,7,9H2,1H3,(H,17,18). The van der Waals surface area contributed by atoms with Crippen molar-refractivity contribution in [2.24, 2.45) is 0 Å². The van der Waals surface area contributed by atoms with Crippen LogP contribution in [0.1, 0.15) is 22.6 Å². The fourth-order valence-corrected chi connectivity index (χ4v) is 1.78. The number of carboxylic acids is 1. The van der Waals surface area contributed by atoms with Crippen LogP contribution >= 0.6 is 0 Å². The van der Waals surface area contributed by atoms with Crippen LogP contribution in [0.25, 0.3) is 0 Å². The number of nitrogens with zero attached hydrogens (tertiary/aromatic N) is 2. The Bertz CT molecular complexity index is 563. The van der Waals surface area contributed by atoms with Crippen LogP contribution in [0, 0.1) is 6.92 Å². The van der Waals surface area contributed by atoms with Crippen molar-refractivity contribution in [3.05, 3.63) is 48.0 Å². The Morgan fingerprint density at radius 2 is 2.32 bits per heavy atom. The van der Waals surface area contributed by atoms with Crippen LogP contribution in [0.5, 0.6) is 5.75 Å². The van der Waals surface area contributed by atoms with Crippen LogP contribution in [0.3, 0.4) is 0 Å². The first kappa shape index (κ1) is 13.1. The van der Waals surface area contributed by atoms with E-state index in [1.54, 1.807) is 24.4 Å². The van der Waals surface area contributed by atoms with Gasteiger partial charge in [-0.1, -0.05) is 6.07 Å². The topological polar surface area (TPSA) is 64.4 Å². The first-order chi connectivity index (χ1) is 9.16. The predicted molar refractivity (Wildman–Crippen MR) is 70.5 cm³/mol. The number of rotatable bonds is 6. The van der Waals surface area contributed by atoms with Crippen molar-refractivity contribution in [2.75, 3.05) is 6.61 Å². The van der Waals surface area contributed by atoms with Gasteiger partial charge in [-0.2, -0.15) is 0 Å². The largest absolute Gasteiger partial charge is 0.494 e. The Morgan fingerprint density at radius 3 is 3.00 bits per heavy atom. The highest BCUT2D eigenvalue weighted by molar-refractivity contribution is 5.87. The van der Waals surface area contributed by atoms with Crippen LogP contribution in [0.15, 0.2) is 36.7 Å². The third kappa shape index (κ3) is 3.58. The van der Waals surface area contributed by atoms with Crippen molar-refractivity contribution in [1.29, 1.82) is 0 Å². The van der Waals surface area contributed by atoms with Crippen LogP contribution in [-0.4, -0.2) is 27.2 Å². The first-order valence-electron chi connectivity index (χ1n) is 6.11. The van der Waals surface area contributed by atoms with Gasteiger partial charge >= 0.3 is 5.97 Å². The predicted octanol–water partition coefficient (Wildman–Crippen LogP) is 2.36. The smallest absolute Gasteiger partial charge is 0.335 e. The summed E-state index contributed by atoms with van der Waals surface area (Å²) in [5, 5.41) is 8.87. The molecule has 0 saturated heterocycles. The van der Waals surface area contributed by atoms with E-state index in [1.807, 2.05) is 13.1 Å². The molecule has 2 rings (SSSR count). The van der Waals surface area contributed by atoms with Gasteiger partial charge in [0, 0.05) is 18.9 Å². The molecule has 5 nitrogen and oxygen atoms in total. The van der Waals surface area contributed by atoms with Gasteiger partial charge in [-0.15, -0.1) is 0 Å². The summed E-state index contributed by atoms with van der Waals surface area (Å²) in [5.41, 5.74) is 0.239. The normalized spacial score (nSPS) is 10.4. The molecule has 100 valence electrons. The van der Waals surface area contributed by atoms with E-state index in [0.29, 0.717) is 12.4 Å². The Labute approximate surface area is 111 Å². The number of ether oxygens (including phenoxy) is 1. The van der Waals surface area contributed by atoms with Gasteiger partial charge in [0.05, 0.1) is 12.2 Å². The Balaban J connectivity index is 1.81. The van der Waals surface area contributed by atoms with E-state index in [2.05, 4.69) is 9.55 Å². The summed E-state index contributed by atoms with van der Waals surface area (Å²) in [7, 11) is 0. The third-order valence-electron chi connectivity index (χ3n) is 2.82. The zero-order chi connectivity index (χ0) is 13.7. The molecule has 0 spiro atoms. The quantitative estimate of drug-likeness (QED) is 0.810. The van der Waals surface area contributed by atoms with Crippen molar-refractivity contribution >= 4 is 5.97 Å². The number of carbonyl (C=O) groups is 1. The number of aromatic carboxylic acids is 1. The molecule has 1 heterocycles. The molecule has 5 heteroatoms. The fraction of sp³-hybridized carbons (Fsp3) is 0.286. The average Bonchev–Trinajstić information content (AvgIpc) is 2.81. The number of aromatic nitrogens is 2. The minimum atomic E-state index is -0.945. The molecule has 0 aliphatic carbocycles.